The number of aromatic nitrogens is 1. The van der Waals surface area contributed by atoms with Gasteiger partial charge in [-0.1, -0.05) is 91.7 Å². The van der Waals surface area contributed by atoms with Gasteiger partial charge < -0.3 is 36.6 Å². The molecule has 3 aliphatic heterocycles. The molecule has 14 heteroatoms. The van der Waals surface area contributed by atoms with Gasteiger partial charge in [0.1, 0.15) is 18.1 Å². The van der Waals surface area contributed by atoms with Crippen LogP contribution in [0.3, 0.4) is 0 Å². The van der Waals surface area contributed by atoms with Crippen LogP contribution in [0.1, 0.15) is 74.5 Å². The average molecular weight is 832 g/mol. The second-order valence-corrected chi connectivity index (χ2v) is 16.5. The smallest absolute Gasteiger partial charge is 0.418 e. The summed E-state index contributed by atoms with van der Waals surface area (Å²) in [6, 6.07) is 22.4. The maximum Gasteiger partial charge on any atom is 0.418 e. The number of nitrogens with two attached hydrogens (primary N) is 1. The molecule has 0 radical (unpaired) electrons. The van der Waals surface area contributed by atoms with E-state index in [9.17, 15) is 28.8 Å². The minimum Gasteiger partial charge on any atom is -0.449 e. The van der Waals surface area contributed by atoms with Crippen LogP contribution in [0.4, 0.5) is 4.79 Å². The van der Waals surface area contributed by atoms with Crippen molar-refractivity contribution >= 4 is 46.4 Å². The van der Waals surface area contributed by atoms with Crippen LogP contribution in [0.25, 0.3) is 10.9 Å². The molecule has 3 saturated heterocycles. The van der Waals surface area contributed by atoms with Gasteiger partial charge >= 0.3 is 6.09 Å². The van der Waals surface area contributed by atoms with Crippen LogP contribution in [0, 0.1) is 5.92 Å². The van der Waals surface area contributed by atoms with Gasteiger partial charge in [0.05, 0.1) is 31.1 Å². The molecule has 4 heterocycles. The monoisotopic (exact) mass is 831 g/mol. The minimum absolute atomic E-state index is 0.0187. The molecule has 0 unspecified atom stereocenters. The highest BCUT2D eigenvalue weighted by molar-refractivity contribution is 6.01. The number of carbonyl (C=O) groups excluding carboxylic acids is 6. The molecule has 0 spiro atoms. The Morgan fingerprint density at radius 2 is 1.48 bits per heavy atom. The standard InChI is InChI=1S/C47H57N7O7/c48-23-11-1-2-12-24-61-47(60)53-30-34(36-17-9-10-18-40(36)53)26-38(50-42(56)27-39-46(59)54-35-21-19-33(20-22-35)43(54)45(58)52-39)44(57)51-37(25-31-13-5-3-6-14-31)41(55)29-49-28-32-15-7-4-8-16-32/h3-10,13-18,30,33,35,37-39,43,49H,1-2,11-12,19-29,48H2,(H,50,56)(H,51,57)(H,52,58)/t33?,35?,37-,38+,39-,43-/m0/s1. The lowest BCUT2D eigenvalue weighted by molar-refractivity contribution is -0.163. The Bertz CT molecular complexity index is 2170. The maximum absolute atomic E-state index is 14.5. The molecule has 322 valence electrons. The fourth-order valence-corrected chi connectivity index (χ4v) is 9.12. The van der Waals surface area contributed by atoms with E-state index in [4.69, 9.17) is 10.5 Å². The molecule has 4 amide bonds. The van der Waals surface area contributed by atoms with E-state index in [0.717, 1.165) is 56.1 Å². The van der Waals surface area contributed by atoms with Crippen LogP contribution >= 0.6 is 0 Å². The molecule has 2 bridgehead atoms. The normalized spacial score (nSPS) is 20.4. The molecule has 3 aromatic carbocycles. The molecule has 6 N–H and O–H groups in total. The van der Waals surface area contributed by atoms with Crippen LogP contribution in [0.5, 0.6) is 0 Å². The van der Waals surface area contributed by atoms with E-state index < -0.39 is 42.1 Å². The summed E-state index contributed by atoms with van der Waals surface area (Å²) in [5.74, 6) is -1.91. The topological polar surface area (TPSA) is 194 Å². The van der Waals surface area contributed by atoms with Gasteiger partial charge in [-0.15, -0.1) is 0 Å². The average Bonchev–Trinajstić information content (AvgIpc) is 3.65. The molecule has 61 heavy (non-hydrogen) atoms. The number of nitrogens with one attached hydrogen (secondary N) is 4. The number of piperidine rings is 2. The number of piperazine rings is 1. The summed E-state index contributed by atoms with van der Waals surface area (Å²) in [5.41, 5.74) is 8.60. The SMILES string of the molecule is NCCCCCCOC(=O)n1cc(C[C@@H](NC(=O)C[C@@H]2NC(=O)[C@@H]3C4CCC(CC4)N3C2=O)C(=O)N[C@@H](Cc2ccccc2)C(=O)CNCc2ccccc2)c2ccccc21. The van der Waals surface area contributed by atoms with Crippen LogP contribution in [-0.2, 0) is 48.1 Å². The Balaban J connectivity index is 1.11. The number of para-hydroxylation sites is 1. The molecule has 1 aromatic heterocycles. The van der Waals surface area contributed by atoms with Gasteiger partial charge in [-0.25, -0.2) is 4.79 Å². The van der Waals surface area contributed by atoms with E-state index in [0.29, 0.717) is 36.0 Å². The first-order valence-electron chi connectivity index (χ1n) is 21.7. The number of hydrogen-bond acceptors (Lipinski definition) is 9. The summed E-state index contributed by atoms with van der Waals surface area (Å²) >= 11 is 0. The molecule has 4 aromatic rings. The second-order valence-electron chi connectivity index (χ2n) is 16.5. The number of ketones is 1. The summed E-state index contributed by atoms with van der Waals surface area (Å²) in [6.45, 7) is 1.28. The molecule has 4 fully saturated rings. The number of fused-ring (bicyclic) bond motifs is 3. The zero-order chi connectivity index (χ0) is 42.7. The Hall–Kier alpha value is -5.86. The number of unbranched alkanes of at least 4 members (excludes halogenated alkanes) is 3. The molecule has 14 nitrogen and oxygen atoms in total. The highest BCUT2D eigenvalue weighted by atomic mass is 16.5. The van der Waals surface area contributed by atoms with E-state index in [1.807, 2.05) is 72.8 Å². The zero-order valence-corrected chi connectivity index (χ0v) is 34.6. The molecule has 1 saturated carbocycles. The van der Waals surface area contributed by atoms with Crippen LogP contribution < -0.4 is 27.0 Å². The van der Waals surface area contributed by atoms with Crippen molar-refractivity contribution in [2.45, 2.75) is 107 Å². The largest absolute Gasteiger partial charge is 0.449 e. The Kier molecular flexibility index (Phi) is 14.6. The van der Waals surface area contributed by atoms with Crippen molar-refractivity contribution in [3.8, 4) is 0 Å². The highest BCUT2D eigenvalue weighted by Crippen LogP contribution is 2.41. The predicted molar refractivity (Wildman–Crippen MR) is 230 cm³/mol. The third-order valence-corrected chi connectivity index (χ3v) is 12.3. The summed E-state index contributed by atoms with van der Waals surface area (Å²) in [4.78, 5) is 84.7. The number of carbonyl (C=O) groups is 6. The van der Waals surface area contributed by atoms with Crippen molar-refractivity contribution in [3.63, 3.8) is 0 Å². The maximum atomic E-state index is 14.5. The number of amides is 4. The second kappa shape index (κ2) is 20.6. The number of rotatable bonds is 20. The van der Waals surface area contributed by atoms with E-state index in [2.05, 4.69) is 21.3 Å². The van der Waals surface area contributed by atoms with Gasteiger partial charge in [-0.3, -0.25) is 28.5 Å². The Labute approximate surface area is 356 Å². The fraction of sp³-hybridized carbons (Fsp3) is 0.447. The summed E-state index contributed by atoms with van der Waals surface area (Å²) in [6.07, 6.45) is 7.72. The lowest BCUT2D eigenvalue weighted by atomic mass is 9.73. The van der Waals surface area contributed by atoms with Crippen molar-refractivity contribution in [2.24, 2.45) is 11.7 Å². The van der Waals surface area contributed by atoms with Crippen LogP contribution in [-0.4, -0.2) is 94.9 Å². The molecule has 8 rings (SSSR count). The number of ether oxygens (including phenoxy) is 1. The molecule has 4 atom stereocenters. The number of Topliss-reactive ketones (excluding diaryl/α,β-unsaturated/α-hetero) is 1. The fourth-order valence-electron chi connectivity index (χ4n) is 9.12. The van der Waals surface area contributed by atoms with Crippen LogP contribution in [0.2, 0.25) is 0 Å². The van der Waals surface area contributed by atoms with Crippen LogP contribution in [0.15, 0.2) is 91.1 Å². The minimum atomic E-state index is -1.23. The van der Waals surface area contributed by atoms with Gasteiger partial charge in [0, 0.05) is 30.6 Å². The van der Waals surface area contributed by atoms with Gasteiger partial charge in [0.25, 0.3) is 0 Å². The lowest BCUT2D eigenvalue weighted by Crippen LogP contribution is -2.71. The third-order valence-electron chi connectivity index (χ3n) is 12.3. The Morgan fingerprint density at radius 1 is 0.787 bits per heavy atom. The molecular formula is C47H57N7O7. The van der Waals surface area contributed by atoms with Crippen molar-refractivity contribution in [1.29, 1.82) is 0 Å². The van der Waals surface area contributed by atoms with Crippen molar-refractivity contribution in [2.75, 3.05) is 19.7 Å². The number of hydrogen-bond donors (Lipinski definition) is 5. The van der Waals surface area contributed by atoms with Crippen molar-refractivity contribution in [1.82, 2.24) is 30.7 Å². The van der Waals surface area contributed by atoms with E-state index in [1.165, 1.54) is 4.57 Å². The highest BCUT2D eigenvalue weighted by Gasteiger charge is 2.52. The van der Waals surface area contributed by atoms with E-state index >= 15 is 0 Å². The van der Waals surface area contributed by atoms with Gasteiger partial charge in [-0.2, -0.15) is 0 Å². The number of nitrogens with zero attached hydrogens (tertiary/aromatic N) is 2. The molecule has 4 aliphatic rings. The molecular weight excluding hydrogens is 775 g/mol. The first-order chi connectivity index (χ1) is 29.7. The zero-order valence-electron chi connectivity index (χ0n) is 34.6. The van der Waals surface area contributed by atoms with E-state index in [-0.39, 0.29) is 62.0 Å². The summed E-state index contributed by atoms with van der Waals surface area (Å²) in [7, 11) is 0. The first-order valence-corrected chi connectivity index (χ1v) is 21.7. The Morgan fingerprint density at radius 3 is 2.21 bits per heavy atom. The summed E-state index contributed by atoms with van der Waals surface area (Å²) < 4.78 is 7.04. The number of benzene rings is 3. The third kappa shape index (κ3) is 10.7. The molecule has 1 aliphatic carbocycles. The first kappa shape index (κ1) is 43.2. The summed E-state index contributed by atoms with van der Waals surface area (Å²) in [5, 5.41) is 12.5. The van der Waals surface area contributed by atoms with Crippen molar-refractivity contribution < 1.29 is 33.5 Å². The quantitative estimate of drug-likeness (QED) is 0.0822. The van der Waals surface area contributed by atoms with E-state index in [1.54, 1.807) is 23.2 Å². The lowest BCUT2D eigenvalue weighted by Gasteiger charge is -2.53. The van der Waals surface area contributed by atoms with Crippen molar-refractivity contribution in [3.05, 3.63) is 108 Å². The van der Waals surface area contributed by atoms with Gasteiger partial charge in [0.2, 0.25) is 23.6 Å². The van der Waals surface area contributed by atoms with Gasteiger partial charge in [0.15, 0.2) is 5.78 Å². The predicted octanol–water partition coefficient (Wildman–Crippen LogP) is 3.92. The van der Waals surface area contributed by atoms with Gasteiger partial charge in [-0.05, 0) is 80.2 Å².